The van der Waals surface area contributed by atoms with E-state index in [1.165, 1.54) is 6.08 Å². The van der Waals surface area contributed by atoms with Gasteiger partial charge in [-0.2, -0.15) is 0 Å². The summed E-state index contributed by atoms with van der Waals surface area (Å²) in [4.78, 5) is 12.0. The Bertz CT molecular complexity index is 892. The van der Waals surface area contributed by atoms with Crippen LogP contribution in [0.3, 0.4) is 0 Å². The predicted molar refractivity (Wildman–Crippen MR) is 94.8 cm³/mol. The Labute approximate surface area is 140 Å². The van der Waals surface area contributed by atoms with Crippen molar-refractivity contribution in [2.24, 2.45) is 0 Å². The van der Waals surface area contributed by atoms with E-state index in [0.29, 0.717) is 10.8 Å². The molecule has 0 spiro atoms. The zero-order valence-electron chi connectivity index (χ0n) is 12.6. The van der Waals surface area contributed by atoms with Gasteiger partial charge < -0.3 is 4.74 Å². The average Bonchev–Trinajstić information content (AvgIpc) is 2.56. The maximum absolute atomic E-state index is 12.0. The smallest absolute Gasteiger partial charge is 0.336 e. The fourth-order valence-electron chi connectivity index (χ4n) is 2.38. The Morgan fingerprint density at radius 2 is 1.83 bits per heavy atom. The highest BCUT2D eigenvalue weighted by molar-refractivity contribution is 6.31. The number of esters is 1. The molecule has 0 N–H and O–H groups in total. The van der Waals surface area contributed by atoms with E-state index in [1.807, 2.05) is 49.4 Å². The van der Waals surface area contributed by atoms with Gasteiger partial charge >= 0.3 is 5.97 Å². The van der Waals surface area contributed by atoms with Gasteiger partial charge in [0.15, 0.2) is 0 Å². The normalized spacial score (nSPS) is 11.0. The Kier molecular flexibility index (Phi) is 4.45. The predicted octanol–water partition coefficient (Wildman–Crippen LogP) is 5.42. The minimum Gasteiger partial charge on any atom is -0.423 e. The average molecular weight is 323 g/mol. The van der Waals surface area contributed by atoms with Gasteiger partial charge in [-0.3, -0.25) is 0 Å². The first-order chi connectivity index (χ1) is 11.1. The second-order valence-corrected chi connectivity index (χ2v) is 5.64. The van der Waals surface area contributed by atoms with E-state index >= 15 is 0 Å². The van der Waals surface area contributed by atoms with Crippen LogP contribution in [-0.4, -0.2) is 5.97 Å². The monoisotopic (exact) mass is 322 g/mol. The van der Waals surface area contributed by atoms with Crippen molar-refractivity contribution < 1.29 is 9.53 Å². The van der Waals surface area contributed by atoms with Gasteiger partial charge in [-0.25, -0.2) is 4.79 Å². The molecule has 0 heterocycles. The molecule has 3 heteroatoms. The van der Waals surface area contributed by atoms with Crippen LogP contribution in [-0.2, 0) is 4.79 Å². The second kappa shape index (κ2) is 6.67. The molecule has 0 bridgehead atoms. The van der Waals surface area contributed by atoms with Crippen molar-refractivity contribution in [3.05, 3.63) is 82.9 Å². The van der Waals surface area contributed by atoms with Gasteiger partial charge in [-0.15, -0.1) is 0 Å². The lowest BCUT2D eigenvalue weighted by Crippen LogP contribution is -2.03. The zero-order valence-corrected chi connectivity index (χ0v) is 13.4. The number of rotatable bonds is 3. The van der Waals surface area contributed by atoms with E-state index in [0.717, 1.165) is 21.9 Å². The summed E-state index contributed by atoms with van der Waals surface area (Å²) >= 11 is 5.96. The molecule has 0 saturated carbocycles. The van der Waals surface area contributed by atoms with Crippen LogP contribution in [0.4, 0.5) is 0 Å². The first-order valence-corrected chi connectivity index (χ1v) is 7.65. The lowest BCUT2D eigenvalue weighted by Gasteiger charge is -2.04. The van der Waals surface area contributed by atoms with Crippen LogP contribution in [0.2, 0.25) is 5.02 Å². The highest BCUT2D eigenvalue weighted by atomic mass is 35.5. The van der Waals surface area contributed by atoms with Crippen molar-refractivity contribution in [2.45, 2.75) is 6.92 Å². The van der Waals surface area contributed by atoms with Crippen molar-refractivity contribution >= 4 is 34.4 Å². The molecule has 0 aliphatic rings. The number of fused-ring (bicyclic) bond motifs is 1. The second-order valence-electron chi connectivity index (χ2n) is 5.23. The van der Waals surface area contributed by atoms with Crippen LogP contribution in [0.25, 0.3) is 16.8 Å². The molecule has 3 aromatic carbocycles. The molecule has 0 aromatic heterocycles. The van der Waals surface area contributed by atoms with Crippen LogP contribution < -0.4 is 4.74 Å². The van der Waals surface area contributed by atoms with Gasteiger partial charge in [0.05, 0.1) is 0 Å². The number of halogens is 1. The summed E-state index contributed by atoms with van der Waals surface area (Å²) in [5, 5.41) is 2.88. The van der Waals surface area contributed by atoms with E-state index in [-0.39, 0.29) is 0 Å². The Morgan fingerprint density at radius 3 is 2.65 bits per heavy atom. The van der Waals surface area contributed by atoms with Gasteiger partial charge in [0.25, 0.3) is 0 Å². The molecule has 0 aliphatic heterocycles. The molecule has 114 valence electrons. The van der Waals surface area contributed by atoms with Crippen molar-refractivity contribution in [3.63, 3.8) is 0 Å². The van der Waals surface area contributed by atoms with Gasteiger partial charge in [-0.05, 0) is 53.1 Å². The highest BCUT2D eigenvalue weighted by Crippen LogP contribution is 2.22. The molecule has 0 amide bonds. The third-order valence-electron chi connectivity index (χ3n) is 3.57. The summed E-state index contributed by atoms with van der Waals surface area (Å²) in [5.74, 6) is 0.0686. The molecule has 2 nitrogen and oxygen atoms in total. The number of aryl methyl sites for hydroxylation is 1. The fourth-order valence-corrected chi connectivity index (χ4v) is 2.50. The van der Waals surface area contributed by atoms with Gasteiger partial charge in [0, 0.05) is 11.1 Å². The number of carbonyl (C=O) groups excluding carboxylic acids is 1. The quantitative estimate of drug-likeness (QED) is 0.365. The van der Waals surface area contributed by atoms with E-state index in [2.05, 4.69) is 0 Å². The molecular weight excluding hydrogens is 308 g/mol. The van der Waals surface area contributed by atoms with Crippen molar-refractivity contribution in [2.75, 3.05) is 0 Å². The zero-order chi connectivity index (χ0) is 16.2. The summed E-state index contributed by atoms with van der Waals surface area (Å²) < 4.78 is 5.30. The van der Waals surface area contributed by atoms with E-state index in [1.54, 1.807) is 24.3 Å². The Balaban J connectivity index is 1.78. The summed E-state index contributed by atoms with van der Waals surface area (Å²) in [7, 11) is 0. The minimum absolute atomic E-state index is 0.417. The largest absolute Gasteiger partial charge is 0.423 e. The minimum atomic E-state index is -0.417. The molecule has 0 unspecified atom stereocenters. The van der Waals surface area contributed by atoms with Gasteiger partial charge in [0.1, 0.15) is 5.75 Å². The summed E-state index contributed by atoms with van der Waals surface area (Å²) in [6, 6.07) is 19.2. The molecule has 0 atom stereocenters. The molecule has 0 aliphatic carbocycles. The number of carbonyl (C=O) groups is 1. The molecule has 0 fully saturated rings. The maximum Gasteiger partial charge on any atom is 0.336 e. The lowest BCUT2D eigenvalue weighted by atomic mass is 10.0. The van der Waals surface area contributed by atoms with Gasteiger partial charge in [0.2, 0.25) is 0 Å². The Hall–Kier alpha value is -2.58. The maximum atomic E-state index is 12.0. The topological polar surface area (TPSA) is 26.3 Å². The van der Waals surface area contributed by atoms with Crippen LogP contribution in [0.15, 0.2) is 66.7 Å². The van der Waals surface area contributed by atoms with Gasteiger partial charge in [-0.1, -0.05) is 54.1 Å². The van der Waals surface area contributed by atoms with Crippen molar-refractivity contribution in [3.8, 4) is 5.75 Å². The standard InChI is InChI=1S/C20H15ClO2/c1-14-13-17(10-11-19(14)21)23-20(22)12-9-16-7-4-6-15-5-2-3-8-18(15)16/h2-13H,1H3/b12-9+. The van der Waals surface area contributed by atoms with Crippen LogP contribution >= 0.6 is 11.6 Å². The third-order valence-corrected chi connectivity index (χ3v) is 3.99. The SMILES string of the molecule is Cc1cc(OC(=O)/C=C/c2cccc3ccccc23)ccc1Cl. The third kappa shape index (κ3) is 3.61. The van der Waals surface area contributed by atoms with E-state index in [4.69, 9.17) is 16.3 Å². The first kappa shape index (κ1) is 15.3. The van der Waals surface area contributed by atoms with Crippen LogP contribution in [0.1, 0.15) is 11.1 Å². The molecule has 0 saturated heterocycles. The number of hydrogen-bond donors (Lipinski definition) is 0. The van der Waals surface area contributed by atoms with Crippen molar-refractivity contribution in [1.82, 2.24) is 0 Å². The van der Waals surface area contributed by atoms with E-state index in [9.17, 15) is 4.79 Å². The Morgan fingerprint density at radius 1 is 1.04 bits per heavy atom. The first-order valence-electron chi connectivity index (χ1n) is 7.27. The highest BCUT2D eigenvalue weighted by Gasteiger charge is 2.03. The molecule has 0 radical (unpaired) electrons. The van der Waals surface area contributed by atoms with Crippen LogP contribution in [0.5, 0.6) is 5.75 Å². The number of ether oxygens (including phenoxy) is 1. The van der Waals surface area contributed by atoms with Crippen molar-refractivity contribution in [1.29, 1.82) is 0 Å². The molecule has 3 aromatic rings. The molecule has 23 heavy (non-hydrogen) atoms. The summed E-state index contributed by atoms with van der Waals surface area (Å²) in [6.45, 7) is 1.87. The fraction of sp³-hybridized carbons (Fsp3) is 0.0500. The van der Waals surface area contributed by atoms with Crippen LogP contribution in [0, 0.1) is 6.92 Å². The van der Waals surface area contributed by atoms with E-state index < -0.39 is 5.97 Å². The lowest BCUT2D eigenvalue weighted by molar-refractivity contribution is -0.128. The molecule has 3 rings (SSSR count). The number of hydrogen-bond acceptors (Lipinski definition) is 2. The molecular formula is C20H15ClO2. The number of benzene rings is 3. The summed E-state index contributed by atoms with van der Waals surface area (Å²) in [6.07, 6.45) is 3.21. The summed E-state index contributed by atoms with van der Waals surface area (Å²) in [5.41, 5.74) is 1.85.